The van der Waals surface area contributed by atoms with Gasteiger partial charge < -0.3 is 5.32 Å². The zero-order chi connectivity index (χ0) is 13.1. The van der Waals surface area contributed by atoms with E-state index in [-0.39, 0.29) is 0 Å². The second-order valence-corrected chi connectivity index (χ2v) is 6.19. The number of nitrogens with zero attached hydrogens (tertiary/aromatic N) is 2. The molecular formula is C15H24FN3. The lowest BCUT2D eigenvalue weighted by Gasteiger charge is -2.29. The first kappa shape index (κ1) is 13.1. The van der Waals surface area contributed by atoms with Crippen molar-refractivity contribution in [3.63, 3.8) is 0 Å². The number of hydrogen-bond donors (Lipinski definition) is 1. The van der Waals surface area contributed by atoms with Crippen LogP contribution in [0.15, 0.2) is 12.3 Å². The van der Waals surface area contributed by atoms with E-state index in [1.807, 2.05) is 12.3 Å². The normalized spacial score (nSPS) is 29.5. The lowest BCUT2D eigenvalue weighted by molar-refractivity contribution is 0.121. The molecule has 4 heteroatoms. The zero-order valence-electron chi connectivity index (χ0n) is 11.6. The van der Waals surface area contributed by atoms with Gasteiger partial charge in [0.25, 0.3) is 0 Å². The Hall–Kier alpha value is -0.900. The standard InChI is InChI=1S/C15H24FN3/c16-15(8-4-9-17-12-15)11-13-7-10-19(18-13)14-5-2-1-3-6-14/h7,10,14,17H,1-6,8-9,11-12H2. The molecule has 3 nitrogen and oxygen atoms in total. The van der Waals surface area contributed by atoms with Crippen LogP contribution in [0.5, 0.6) is 0 Å². The van der Waals surface area contributed by atoms with E-state index in [4.69, 9.17) is 0 Å². The van der Waals surface area contributed by atoms with E-state index in [9.17, 15) is 4.39 Å². The Bertz CT molecular complexity index is 403. The smallest absolute Gasteiger partial charge is 0.129 e. The summed E-state index contributed by atoms with van der Waals surface area (Å²) < 4.78 is 16.7. The van der Waals surface area contributed by atoms with E-state index in [1.165, 1.54) is 32.1 Å². The average molecular weight is 265 g/mol. The van der Waals surface area contributed by atoms with Crippen molar-refractivity contribution in [1.29, 1.82) is 0 Å². The molecule has 1 aliphatic carbocycles. The average Bonchev–Trinajstić information content (AvgIpc) is 2.88. The molecular weight excluding hydrogens is 241 g/mol. The lowest BCUT2D eigenvalue weighted by Crippen LogP contribution is -2.43. The summed E-state index contributed by atoms with van der Waals surface area (Å²) >= 11 is 0. The molecule has 2 aliphatic rings. The van der Waals surface area contributed by atoms with Crippen LogP contribution in [-0.2, 0) is 6.42 Å². The van der Waals surface area contributed by atoms with E-state index in [2.05, 4.69) is 15.1 Å². The maximum Gasteiger partial charge on any atom is 0.129 e. The summed E-state index contributed by atoms with van der Waals surface area (Å²) in [5, 5.41) is 7.78. The summed E-state index contributed by atoms with van der Waals surface area (Å²) in [6, 6.07) is 2.55. The van der Waals surface area contributed by atoms with Crippen LogP contribution in [0.3, 0.4) is 0 Å². The van der Waals surface area contributed by atoms with Gasteiger partial charge in [0.05, 0.1) is 11.7 Å². The number of alkyl halides is 1. The van der Waals surface area contributed by atoms with Crippen molar-refractivity contribution in [3.8, 4) is 0 Å². The molecule has 3 rings (SSSR count). The van der Waals surface area contributed by atoms with Gasteiger partial charge in [-0.15, -0.1) is 0 Å². The van der Waals surface area contributed by atoms with Gasteiger partial charge in [-0.2, -0.15) is 5.10 Å². The third kappa shape index (κ3) is 3.16. The molecule has 2 heterocycles. The van der Waals surface area contributed by atoms with E-state index in [1.54, 1.807) is 0 Å². The maximum atomic E-state index is 14.6. The SMILES string of the molecule is FC1(Cc2ccn(C3CCCCC3)n2)CCCNC1. The van der Waals surface area contributed by atoms with E-state index in [0.29, 0.717) is 25.4 Å². The van der Waals surface area contributed by atoms with Gasteiger partial charge >= 0.3 is 0 Å². The Kier molecular flexibility index (Phi) is 3.87. The van der Waals surface area contributed by atoms with Crippen LogP contribution in [0.4, 0.5) is 4.39 Å². The Morgan fingerprint density at radius 2 is 2.16 bits per heavy atom. The molecule has 1 atom stereocenters. The Labute approximate surface area is 114 Å². The molecule has 0 bridgehead atoms. The molecule has 0 radical (unpaired) electrons. The van der Waals surface area contributed by atoms with Crippen molar-refractivity contribution in [1.82, 2.24) is 15.1 Å². The number of rotatable bonds is 3. The van der Waals surface area contributed by atoms with Crippen LogP contribution >= 0.6 is 0 Å². The fraction of sp³-hybridized carbons (Fsp3) is 0.800. The van der Waals surface area contributed by atoms with Gasteiger partial charge in [0, 0.05) is 19.2 Å². The third-order valence-electron chi connectivity index (χ3n) is 4.53. The summed E-state index contributed by atoms with van der Waals surface area (Å²) in [5.41, 5.74) is -0.180. The molecule has 0 spiro atoms. The summed E-state index contributed by atoms with van der Waals surface area (Å²) in [6.45, 7) is 1.42. The van der Waals surface area contributed by atoms with Crippen LogP contribution in [-0.4, -0.2) is 28.5 Å². The molecule has 1 aliphatic heterocycles. The van der Waals surface area contributed by atoms with Gasteiger partial charge in [-0.05, 0) is 38.3 Å². The number of halogens is 1. The molecule has 1 aromatic heterocycles. The van der Waals surface area contributed by atoms with Crippen LogP contribution < -0.4 is 5.32 Å². The largest absolute Gasteiger partial charge is 0.314 e. The van der Waals surface area contributed by atoms with Gasteiger partial charge in [-0.25, -0.2) is 4.39 Å². The number of nitrogens with one attached hydrogen (secondary N) is 1. The van der Waals surface area contributed by atoms with E-state index >= 15 is 0 Å². The molecule has 1 unspecified atom stereocenters. The molecule has 1 saturated carbocycles. The highest BCUT2D eigenvalue weighted by molar-refractivity contribution is 5.06. The topological polar surface area (TPSA) is 29.9 Å². The molecule has 1 aromatic rings. The van der Waals surface area contributed by atoms with Crippen LogP contribution in [0.2, 0.25) is 0 Å². The fourth-order valence-corrected chi connectivity index (χ4v) is 3.43. The van der Waals surface area contributed by atoms with Crippen molar-refractivity contribution in [2.45, 2.75) is 63.1 Å². The maximum absolute atomic E-state index is 14.6. The minimum atomic E-state index is -1.09. The second kappa shape index (κ2) is 5.61. The van der Waals surface area contributed by atoms with E-state index in [0.717, 1.165) is 18.7 Å². The molecule has 1 saturated heterocycles. The molecule has 106 valence electrons. The third-order valence-corrected chi connectivity index (χ3v) is 4.53. The van der Waals surface area contributed by atoms with E-state index < -0.39 is 5.67 Å². The summed E-state index contributed by atoms with van der Waals surface area (Å²) in [5.74, 6) is 0. The van der Waals surface area contributed by atoms with Gasteiger partial charge in [-0.3, -0.25) is 4.68 Å². The molecule has 2 fully saturated rings. The van der Waals surface area contributed by atoms with Crippen molar-refractivity contribution in [2.24, 2.45) is 0 Å². The zero-order valence-corrected chi connectivity index (χ0v) is 11.6. The molecule has 0 aromatic carbocycles. The highest BCUT2D eigenvalue weighted by atomic mass is 19.1. The first-order chi connectivity index (χ1) is 9.25. The summed E-state index contributed by atoms with van der Waals surface area (Å²) in [4.78, 5) is 0. The number of aromatic nitrogens is 2. The van der Waals surface area contributed by atoms with Gasteiger partial charge in [0.2, 0.25) is 0 Å². The monoisotopic (exact) mass is 265 g/mol. The highest BCUT2D eigenvalue weighted by Crippen LogP contribution is 2.29. The Morgan fingerprint density at radius 3 is 2.89 bits per heavy atom. The van der Waals surface area contributed by atoms with Crippen molar-refractivity contribution in [3.05, 3.63) is 18.0 Å². The van der Waals surface area contributed by atoms with Crippen LogP contribution in [0.1, 0.15) is 56.7 Å². The lowest BCUT2D eigenvalue weighted by atomic mass is 9.91. The van der Waals surface area contributed by atoms with Crippen molar-refractivity contribution < 1.29 is 4.39 Å². The summed E-state index contributed by atoms with van der Waals surface area (Å²) in [6.07, 6.45) is 10.5. The Morgan fingerprint density at radius 1 is 1.32 bits per heavy atom. The molecule has 1 N–H and O–H groups in total. The van der Waals surface area contributed by atoms with Gasteiger partial charge in [0.15, 0.2) is 0 Å². The summed E-state index contributed by atoms with van der Waals surface area (Å²) in [7, 11) is 0. The van der Waals surface area contributed by atoms with Crippen LogP contribution in [0.25, 0.3) is 0 Å². The Balaban J connectivity index is 1.63. The first-order valence-electron chi connectivity index (χ1n) is 7.69. The molecule has 0 amide bonds. The van der Waals surface area contributed by atoms with Crippen molar-refractivity contribution in [2.75, 3.05) is 13.1 Å². The first-order valence-corrected chi connectivity index (χ1v) is 7.69. The minimum absolute atomic E-state index is 0.458. The fourth-order valence-electron chi connectivity index (χ4n) is 3.43. The highest BCUT2D eigenvalue weighted by Gasteiger charge is 2.32. The predicted octanol–water partition coefficient (Wildman–Crippen LogP) is 3.02. The van der Waals surface area contributed by atoms with Gasteiger partial charge in [0.1, 0.15) is 5.67 Å². The second-order valence-electron chi connectivity index (χ2n) is 6.19. The predicted molar refractivity (Wildman–Crippen MR) is 74.0 cm³/mol. The van der Waals surface area contributed by atoms with Gasteiger partial charge in [-0.1, -0.05) is 19.3 Å². The number of piperidine rings is 1. The quantitative estimate of drug-likeness (QED) is 0.910. The van der Waals surface area contributed by atoms with Crippen molar-refractivity contribution >= 4 is 0 Å². The van der Waals surface area contributed by atoms with Crippen LogP contribution in [0, 0.1) is 0 Å². The number of hydrogen-bond acceptors (Lipinski definition) is 2. The molecule has 19 heavy (non-hydrogen) atoms. The minimum Gasteiger partial charge on any atom is -0.314 e.